The standard InChI is InChI=1S/C11H23NO2/c1-5-12-7-6-8-14-9-10(13)11(2,3)4/h12H,5-9H2,1-4H3. The summed E-state index contributed by atoms with van der Waals surface area (Å²) in [4.78, 5) is 11.4. The lowest BCUT2D eigenvalue weighted by molar-refractivity contribution is -0.131. The van der Waals surface area contributed by atoms with Gasteiger partial charge in [-0.15, -0.1) is 0 Å². The number of hydrogen-bond donors (Lipinski definition) is 1. The van der Waals surface area contributed by atoms with Crippen molar-refractivity contribution in [3.63, 3.8) is 0 Å². The average molecular weight is 201 g/mol. The molecule has 3 heteroatoms. The van der Waals surface area contributed by atoms with Crippen molar-refractivity contribution in [3.8, 4) is 0 Å². The minimum Gasteiger partial charge on any atom is -0.374 e. The summed E-state index contributed by atoms with van der Waals surface area (Å²) in [6.07, 6.45) is 0.964. The highest BCUT2D eigenvalue weighted by atomic mass is 16.5. The van der Waals surface area contributed by atoms with Gasteiger partial charge in [0, 0.05) is 12.0 Å². The Hall–Kier alpha value is -0.410. The van der Waals surface area contributed by atoms with Gasteiger partial charge in [0.1, 0.15) is 6.61 Å². The monoisotopic (exact) mass is 201 g/mol. The molecule has 0 bridgehead atoms. The minimum atomic E-state index is -0.276. The zero-order valence-electron chi connectivity index (χ0n) is 9.85. The molecule has 0 aromatic heterocycles. The Labute approximate surface area is 87.2 Å². The molecule has 0 radical (unpaired) electrons. The molecule has 0 saturated carbocycles. The molecule has 0 aliphatic rings. The molecule has 0 heterocycles. The topological polar surface area (TPSA) is 38.3 Å². The smallest absolute Gasteiger partial charge is 0.163 e. The maximum atomic E-state index is 11.4. The van der Waals surface area contributed by atoms with Crippen LogP contribution in [0.3, 0.4) is 0 Å². The molecule has 0 aliphatic heterocycles. The van der Waals surface area contributed by atoms with Gasteiger partial charge in [-0.3, -0.25) is 4.79 Å². The van der Waals surface area contributed by atoms with Gasteiger partial charge in [-0.2, -0.15) is 0 Å². The lowest BCUT2D eigenvalue weighted by Gasteiger charge is -2.16. The predicted molar refractivity (Wildman–Crippen MR) is 58.4 cm³/mol. The van der Waals surface area contributed by atoms with E-state index in [0.29, 0.717) is 6.61 Å². The fraction of sp³-hybridized carbons (Fsp3) is 0.909. The summed E-state index contributed by atoms with van der Waals surface area (Å²) in [7, 11) is 0. The average Bonchev–Trinajstić information content (AvgIpc) is 2.09. The van der Waals surface area contributed by atoms with Gasteiger partial charge in [-0.1, -0.05) is 27.7 Å². The highest BCUT2D eigenvalue weighted by Gasteiger charge is 2.20. The van der Waals surface area contributed by atoms with Crippen LogP contribution in [0.4, 0.5) is 0 Å². The number of carbonyl (C=O) groups excluding carboxylic acids is 1. The van der Waals surface area contributed by atoms with Crippen molar-refractivity contribution in [3.05, 3.63) is 0 Å². The molecule has 0 aromatic rings. The van der Waals surface area contributed by atoms with Crippen LogP contribution in [0.1, 0.15) is 34.1 Å². The molecule has 0 aliphatic carbocycles. The van der Waals surface area contributed by atoms with Crippen LogP contribution < -0.4 is 5.32 Å². The van der Waals surface area contributed by atoms with Crippen LogP contribution in [0.5, 0.6) is 0 Å². The van der Waals surface area contributed by atoms with E-state index < -0.39 is 0 Å². The minimum absolute atomic E-state index is 0.168. The SMILES string of the molecule is CCNCCCOCC(=O)C(C)(C)C. The molecule has 0 atom stereocenters. The first-order chi connectivity index (χ1) is 6.48. The Bertz CT molecular complexity index is 161. The molecule has 0 rings (SSSR count). The number of hydrogen-bond acceptors (Lipinski definition) is 3. The van der Waals surface area contributed by atoms with Crippen LogP contribution in [-0.2, 0) is 9.53 Å². The lowest BCUT2D eigenvalue weighted by atomic mass is 9.91. The summed E-state index contributed by atoms with van der Waals surface area (Å²) in [5.74, 6) is 0.168. The Morgan fingerprint density at radius 3 is 2.50 bits per heavy atom. The normalized spacial score (nSPS) is 11.7. The van der Waals surface area contributed by atoms with E-state index in [9.17, 15) is 4.79 Å². The lowest BCUT2D eigenvalue weighted by Crippen LogP contribution is -2.25. The maximum Gasteiger partial charge on any atom is 0.163 e. The van der Waals surface area contributed by atoms with Crippen LogP contribution in [-0.4, -0.2) is 32.1 Å². The van der Waals surface area contributed by atoms with E-state index >= 15 is 0 Å². The quantitative estimate of drug-likeness (QED) is 0.636. The van der Waals surface area contributed by atoms with Gasteiger partial charge in [-0.05, 0) is 19.5 Å². The molecule has 1 N–H and O–H groups in total. The van der Waals surface area contributed by atoms with Gasteiger partial charge in [0.25, 0.3) is 0 Å². The van der Waals surface area contributed by atoms with Crippen molar-refractivity contribution in [2.75, 3.05) is 26.3 Å². The van der Waals surface area contributed by atoms with Crippen molar-refractivity contribution in [2.45, 2.75) is 34.1 Å². The number of ketones is 1. The zero-order valence-corrected chi connectivity index (χ0v) is 9.85. The molecule has 3 nitrogen and oxygen atoms in total. The van der Waals surface area contributed by atoms with Crippen LogP contribution in [0.2, 0.25) is 0 Å². The third kappa shape index (κ3) is 7.04. The maximum absolute atomic E-state index is 11.4. The first-order valence-electron chi connectivity index (χ1n) is 5.30. The summed E-state index contributed by atoms with van der Waals surface area (Å²) < 4.78 is 5.28. The van der Waals surface area contributed by atoms with Crippen LogP contribution in [0, 0.1) is 5.41 Å². The van der Waals surface area contributed by atoms with E-state index in [1.54, 1.807) is 0 Å². The Kier molecular flexibility index (Phi) is 6.75. The Morgan fingerprint density at radius 2 is 2.00 bits per heavy atom. The highest BCUT2D eigenvalue weighted by Crippen LogP contribution is 2.14. The van der Waals surface area contributed by atoms with Gasteiger partial charge in [0.2, 0.25) is 0 Å². The largest absolute Gasteiger partial charge is 0.374 e. The molecule has 0 fully saturated rings. The summed E-state index contributed by atoms with van der Waals surface area (Å²) in [6.45, 7) is 10.7. The molecule has 84 valence electrons. The van der Waals surface area contributed by atoms with Crippen LogP contribution in [0.15, 0.2) is 0 Å². The molecular weight excluding hydrogens is 178 g/mol. The van der Waals surface area contributed by atoms with E-state index in [4.69, 9.17) is 4.74 Å². The number of rotatable bonds is 7. The molecule has 0 unspecified atom stereocenters. The third-order valence-electron chi connectivity index (χ3n) is 1.96. The number of Topliss-reactive ketones (excluding diaryl/α,β-unsaturated/α-hetero) is 1. The van der Waals surface area contributed by atoms with Crippen molar-refractivity contribution in [1.29, 1.82) is 0 Å². The van der Waals surface area contributed by atoms with E-state index in [1.165, 1.54) is 0 Å². The van der Waals surface area contributed by atoms with E-state index in [0.717, 1.165) is 19.5 Å². The number of nitrogens with one attached hydrogen (secondary N) is 1. The number of ether oxygens (including phenoxy) is 1. The first kappa shape index (κ1) is 13.6. The van der Waals surface area contributed by atoms with Crippen LogP contribution >= 0.6 is 0 Å². The first-order valence-corrected chi connectivity index (χ1v) is 5.30. The fourth-order valence-corrected chi connectivity index (χ4v) is 0.857. The van der Waals surface area contributed by atoms with Gasteiger partial charge < -0.3 is 10.1 Å². The molecule has 0 spiro atoms. The fourth-order valence-electron chi connectivity index (χ4n) is 0.857. The van der Waals surface area contributed by atoms with Crippen molar-refractivity contribution < 1.29 is 9.53 Å². The van der Waals surface area contributed by atoms with Crippen molar-refractivity contribution >= 4 is 5.78 Å². The van der Waals surface area contributed by atoms with E-state index in [2.05, 4.69) is 12.2 Å². The summed E-state index contributed by atoms with van der Waals surface area (Å²) >= 11 is 0. The zero-order chi connectivity index (χ0) is 11.0. The molecule has 14 heavy (non-hydrogen) atoms. The second-order valence-corrected chi connectivity index (χ2v) is 4.43. The summed E-state index contributed by atoms with van der Waals surface area (Å²) in [5, 5.41) is 3.20. The van der Waals surface area contributed by atoms with Gasteiger partial charge in [-0.25, -0.2) is 0 Å². The summed E-state index contributed by atoms with van der Waals surface area (Å²) in [6, 6.07) is 0. The van der Waals surface area contributed by atoms with Crippen LogP contribution in [0.25, 0.3) is 0 Å². The second kappa shape index (κ2) is 6.96. The van der Waals surface area contributed by atoms with Gasteiger partial charge in [0.05, 0.1) is 0 Å². The van der Waals surface area contributed by atoms with E-state index in [1.807, 2.05) is 20.8 Å². The van der Waals surface area contributed by atoms with Gasteiger partial charge in [0.15, 0.2) is 5.78 Å². The molecule has 0 amide bonds. The third-order valence-corrected chi connectivity index (χ3v) is 1.96. The number of carbonyl (C=O) groups is 1. The van der Waals surface area contributed by atoms with Crippen molar-refractivity contribution in [2.24, 2.45) is 5.41 Å². The second-order valence-electron chi connectivity index (χ2n) is 4.43. The molecule has 0 aromatic carbocycles. The predicted octanol–water partition coefficient (Wildman–Crippen LogP) is 1.62. The highest BCUT2D eigenvalue weighted by molar-refractivity contribution is 5.84. The van der Waals surface area contributed by atoms with Crippen molar-refractivity contribution in [1.82, 2.24) is 5.32 Å². The van der Waals surface area contributed by atoms with Gasteiger partial charge >= 0.3 is 0 Å². The van der Waals surface area contributed by atoms with E-state index in [-0.39, 0.29) is 17.8 Å². The molecule has 0 saturated heterocycles. The molecular formula is C11H23NO2. The Morgan fingerprint density at radius 1 is 1.36 bits per heavy atom. The Balaban J connectivity index is 3.33. The summed E-state index contributed by atoms with van der Waals surface area (Å²) in [5.41, 5.74) is -0.276.